The van der Waals surface area contributed by atoms with Gasteiger partial charge in [-0.1, -0.05) is 21.3 Å². The molecule has 0 bridgehead atoms. The van der Waals surface area contributed by atoms with Crippen LogP contribution in [0.2, 0.25) is 0 Å². The Labute approximate surface area is 98.6 Å². The number of hydrogen-bond donors (Lipinski definition) is 0. The first-order valence-corrected chi connectivity index (χ1v) is 6.21. The average Bonchev–Trinajstić information content (AvgIpc) is 2.16. The predicted octanol–water partition coefficient (Wildman–Crippen LogP) is 2.95. The number of carbonyl (C=O) groups excluding carboxylic acids is 1. The zero-order chi connectivity index (χ0) is 11.0. The van der Waals surface area contributed by atoms with Gasteiger partial charge in [-0.2, -0.15) is 0 Å². The first-order chi connectivity index (χ1) is 6.63. The summed E-state index contributed by atoms with van der Waals surface area (Å²) in [5.41, 5.74) is 0. The lowest BCUT2D eigenvalue weighted by Crippen LogP contribution is -2.38. The molecule has 0 aromatic rings. The Morgan fingerprint density at radius 3 is 2.47 bits per heavy atom. The maximum absolute atomic E-state index is 11.2. The summed E-state index contributed by atoms with van der Waals surface area (Å²) in [7, 11) is 0. The lowest BCUT2D eigenvalue weighted by Gasteiger charge is -2.26. The lowest BCUT2D eigenvalue weighted by molar-refractivity contribution is -0.136. The summed E-state index contributed by atoms with van der Waals surface area (Å²) in [6.45, 7) is 8.20. The van der Waals surface area contributed by atoms with Crippen LogP contribution in [0.3, 0.4) is 0 Å². The molecule has 0 saturated carbocycles. The summed E-state index contributed by atoms with van der Waals surface area (Å²) in [5.74, 6) is 1.79. The predicted molar refractivity (Wildman–Crippen MR) is 68.0 cm³/mol. The monoisotopic (exact) mass is 235 g/mol. The van der Waals surface area contributed by atoms with Crippen LogP contribution in [-0.4, -0.2) is 35.3 Å². The van der Waals surface area contributed by atoms with Gasteiger partial charge in [-0.3, -0.25) is 4.79 Å². The minimum Gasteiger partial charge on any atom is -0.350 e. The number of hydrogen-bond acceptors (Lipinski definition) is 3. The van der Waals surface area contributed by atoms with Gasteiger partial charge in [0.15, 0.2) is 0 Å². The van der Waals surface area contributed by atoms with Crippen molar-refractivity contribution >= 4 is 17.7 Å². The molecule has 0 heterocycles. The molecule has 15 heavy (non-hydrogen) atoms. The molecule has 0 aromatic carbocycles. The minimum absolute atomic E-state index is 0. The Morgan fingerprint density at radius 2 is 2.07 bits per heavy atom. The minimum atomic E-state index is 0. The zero-order valence-corrected chi connectivity index (χ0v) is 10.4. The average molecular weight is 235 g/mol. The summed E-state index contributed by atoms with van der Waals surface area (Å²) in [6.07, 6.45) is 0.962. The SMILES string of the molecule is C.CCSCOCN(C(C)=O)C(C)CC. The van der Waals surface area contributed by atoms with E-state index in [9.17, 15) is 4.79 Å². The van der Waals surface area contributed by atoms with E-state index in [4.69, 9.17) is 4.74 Å². The van der Waals surface area contributed by atoms with Gasteiger partial charge in [-0.05, 0) is 19.1 Å². The highest BCUT2D eigenvalue weighted by Gasteiger charge is 2.14. The molecule has 0 aliphatic carbocycles. The molecule has 0 radical (unpaired) electrons. The molecule has 0 rings (SSSR count). The Balaban J connectivity index is 0. The quantitative estimate of drug-likeness (QED) is 0.502. The second-order valence-electron chi connectivity index (χ2n) is 3.19. The summed E-state index contributed by atoms with van der Waals surface area (Å²) in [5, 5.41) is 0. The molecular weight excluding hydrogens is 210 g/mol. The first-order valence-electron chi connectivity index (χ1n) is 5.06. The van der Waals surface area contributed by atoms with Gasteiger partial charge in [-0.15, -0.1) is 11.8 Å². The van der Waals surface area contributed by atoms with Crippen LogP contribution in [0.15, 0.2) is 0 Å². The number of thioether (sulfide) groups is 1. The topological polar surface area (TPSA) is 29.5 Å². The smallest absolute Gasteiger partial charge is 0.221 e. The van der Waals surface area contributed by atoms with Crippen LogP contribution in [0.25, 0.3) is 0 Å². The normalized spacial score (nSPS) is 11.7. The van der Waals surface area contributed by atoms with Crippen LogP contribution in [0.1, 0.15) is 41.5 Å². The third-order valence-electron chi connectivity index (χ3n) is 2.13. The Bertz CT molecular complexity index is 165. The molecule has 0 fully saturated rings. The second kappa shape index (κ2) is 10.3. The van der Waals surface area contributed by atoms with E-state index in [-0.39, 0.29) is 19.4 Å². The highest BCUT2D eigenvalue weighted by atomic mass is 32.2. The van der Waals surface area contributed by atoms with Crippen molar-refractivity contribution in [3.05, 3.63) is 0 Å². The van der Waals surface area contributed by atoms with Gasteiger partial charge in [-0.25, -0.2) is 0 Å². The first kappa shape index (κ1) is 17.2. The van der Waals surface area contributed by atoms with E-state index in [1.807, 2.05) is 6.92 Å². The molecule has 1 amide bonds. The van der Waals surface area contributed by atoms with Gasteiger partial charge in [0.2, 0.25) is 5.91 Å². The van der Waals surface area contributed by atoms with Crippen molar-refractivity contribution in [1.82, 2.24) is 4.90 Å². The molecule has 0 saturated heterocycles. The van der Waals surface area contributed by atoms with E-state index in [1.165, 1.54) is 0 Å². The van der Waals surface area contributed by atoms with Crippen LogP contribution < -0.4 is 0 Å². The van der Waals surface area contributed by atoms with Crippen molar-refractivity contribution in [1.29, 1.82) is 0 Å². The standard InChI is InChI=1S/C10H21NO2S.CH4/c1-5-9(3)11(10(4)12)7-13-8-14-6-2;/h9H,5-8H2,1-4H3;1H4. The van der Waals surface area contributed by atoms with Gasteiger partial charge in [0.25, 0.3) is 0 Å². The fraction of sp³-hybridized carbons (Fsp3) is 0.909. The van der Waals surface area contributed by atoms with Crippen LogP contribution in [0.5, 0.6) is 0 Å². The van der Waals surface area contributed by atoms with E-state index in [1.54, 1.807) is 23.6 Å². The lowest BCUT2D eigenvalue weighted by atomic mass is 10.2. The molecule has 0 aromatic heterocycles. The molecule has 0 aliphatic rings. The van der Waals surface area contributed by atoms with Crippen molar-refractivity contribution in [2.75, 3.05) is 18.4 Å². The molecule has 92 valence electrons. The zero-order valence-electron chi connectivity index (χ0n) is 9.58. The van der Waals surface area contributed by atoms with E-state index >= 15 is 0 Å². The van der Waals surface area contributed by atoms with Crippen LogP contribution in [0, 0.1) is 0 Å². The van der Waals surface area contributed by atoms with Gasteiger partial charge < -0.3 is 9.64 Å². The van der Waals surface area contributed by atoms with E-state index in [2.05, 4.69) is 13.8 Å². The summed E-state index contributed by atoms with van der Waals surface area (Å²) in [6, 6.07) is 0.263. The number of amides is 1. The van der Waals surface area contributed by atoms with Crippen LogP contribution in [0.4, 0.5) is 0 Å². The van der Waals surface area contributed by atoms with Crippen LogP contribution >= 0.6 is 11.8 Å². The molecule has 0 aliphatic heterocycles. The maximum Gasteiger partial charge on any atom is 0.221 e. The largest absolute Gasteiger partial charge is 0.350 e. The van der Waals surface area contributed by atoms with Gasteiger partial charge in [0.05, 0.1) is 5.94 Å². The number of ether oxygens (including phenoxy) is 1. The molecular formula is C11H25NO2S. The molecule has 0 spiro atoms. The fourth-order valence-electron chi connectivity index (χ4n) is 1.03. The molecule has 1 atom stereocenters. The highest BCUT2D eigenvalue weighted by Crippen LogP contribution is 2.06. The number of rotatable bonds is 7. The van der Waals surface area contributed by atoms with Crippen LogP contribution in [-0.2, 0) is 9.53 Å². The highest BCUT2D eigenvalue weighted by molar-refractivity contribution is 7.99. The number of nitrogens with zero attached hydrogens (tertiary/aromatic N) is 1. The number of carbonyl (C=O) groups is 1. The van der Waals surface area contributed by atoms with Crippen molar-refractivity contribution in [3.63, 3.8) is 0 Å². The Morgan fingerprint density at radius 1 is 1.47 bits per heavy atom. The molecule has 0 N–H and O–H groups in total. The fourth-order valence-corrected chi connectivity index (χ4v) is 1.39. The third kappa shape index (κ3) is 7.68. The Kier molecular flexibility index (Phi) is 11.8. The molecule has 1 unspecified atom stereocenters. The van der Waals surface area contributed by atoms with E-state index < -0.39 is 0 Å². The summed E-state index contributed by atoms with van der Waals surface area (Å²) in [4.78, 5) is 13.0. The van der Waals surface area contributed by atoms with Crippen molar-refractivity contribution in [3.8, 4) is 0 Å². The van der Waals surface area contributed by atoms with Crippen molar-refractivity contribution < 1.29 is 9.53 Å². The molecule has 4 heteroatoms. The Hall–Kier alpha value is -0.220. The molecule has 3 nitrogen and oxygen atoms in total. The van der Waals surface area contributed by atoms with Crippen molar-refractivity contribution in [2.24, 2.45) is 0 Å². The van der Waals surface area contributed by atoms with E-state index in [0.717, 1.165) is 12.2 Å². The maximum atomic E-state index is 11.2. The van der Waals surface area contributed by atoms with Crippen molar-refractivity contribution in [2.45, 2.75) is 47.6 Å². The van der Waals surface area contributed by atoms with Gasteiger partial charge in [0.1, 0.15) is 6.73 Å². The third-order valence-corrected chi connectivity index (χ3v) is 2.87. The van der Waals surface area contributed by atoms with Gasteiger partial charge in [0, 0.05) is 13.0 Å². The van der Waals surface area contributed by atoms with E-state index in [0.29, 0.717) is 12.7 Å². The summed E-state index contributed by atoms with van der Waals surface area (Å²) >= 11 is 1.72. The van der Waals surface area contributed by atoms with Gasteiger partial charge >= 0.3 is 0 Å². The summed E-state index contributed by atoms with van der Waals surface area (Å²) < 4.78 is 5.39. The second-order valence-corrected chi connectivity index (χ2v) is 4.41.